The van der Waals surface area contributed by atoms with Gasteiger partial charge in [0.05, 0.1) is 23.1 Å². The van der Waals surface area contributed by atoms with Crippen molar-refractivity contribution in [2.45, 2.75) is 18.9 Å². The molecule has 0 radical (unpaired) electrons. The van der Waals surface area contributed by atoms with E-state index in [1.165, 1.54) is 6.33 Å². The fourth-order valence-electron chi connectivity index (χ4n) is 3.08. The lowest BCUT2D eigenvalue weighted by molar-refractivity contribution is 0.587. The maximum Gasteiger partial charge on any atom is 0.258 e. The number of hydrogen-bond acceptors (Lipinski definition) is 5. The lowest BCUT2D eigenvalue weighted by Gasteiger charge is -2.25. The number of nitrogens with zero attached hydrogens (tertiary/aromatic N) is 4. The van der Waals surface area contributed by atoms with Crippen LogP contribution in [0.5, 0.6) is 0 Å². The predicted molar refractivity (Wildman–Crippen MR) is 83.7 cm³/mol. The molecule has 1 aromatic carbocycles. The van der Waals surface area contributed by atoms with Crippen molar-refractivity contribution in [1.82, 2.24) is 19.9 Å². The molecule has 1 fully saturated rings. The van der Waals surface area contributed by atoms with Crippen molar-refractivity contribution in [2.24, 2.45) is 0 Å². The van der Waals surface area contributed by atoms with E-state index in [1.807, 2.05) is 11.0 Å². The van der Waals surface area contributed by atoms with Crippen molar-refractivity contribution < 1.29 is 4.39 Å². The molecule has 1 N–H and O–H groups in total. The highest BCUT2D eigenvalue weighted by Crippen LogP contribution is 2.34. The standard InChI is InChI=1S/C16H14FN5O/c17-11-8-18-9-19-15(11)22-7-3-6-13(22)14-20-12-5-2-1-4-10(12)16(23)21-14/h1-2,4-5,8-9,13H,3,6-7H2,(H,20,21,23). The maximum atomic E-state index is 14.0. The van der Waals surface area contributed by atoms with Crippen LogP contribution in [-0.4, -0.2) is 26.5 Å². The number of para-hydroxylation sites is 1. The Hall–Kier alpha value is -2.83. The predicted octanol–water partition coefficient (Wildman–Crippen LogP) is 2.19. The largest absolute Gasteiger partial charge is 0.344 e. The van der Waals surface area contributed by atoms with Gasteiger partial charge in [0.25, 0.3) is 5.56 Å². The van der Waals surface area contributed by atoms with Crippen LogP contribution < -0.4 is 10.5 Å². The molecule has 6 nitrogen and oxygen atoms in total. The number of benzene rings is 1. The summed E-state index contributed by atoms with van der Waals surface area (Å²) < 4.78 is 14.0. The first-order valence-electron chi connectivity index (χ1n) is 7.45. The number of halogens is 1. The highest BCUT2D eigenvalue weighted by molar-refractivity contribution is 5.77. The van der Waals surface area contributed by atoms with Gasteiger partial charge in [-0.2, -0.15) is 0 Å². The molecule has 1 unspecified atom stereocenters. The average Bonchev–Trinajstić information content (AvgIpc) is 3.05. The number of hydrogen-bond donors (Lipinski definition) is 1. The molecule has 1 saturated heterocycles. The average molecular weight is 311 g/mol. The van der Waals surface area contributed by atoms with Crippen molar-refractivity contribution in [3.05, 3.63) is 58.8 Å². The van der Waals surface area contributed by atoms with Gasteiger partial charge in [-0.25, -0.2) is 19.3 Å². The van der Waals surface area contributed by atoms with Gasteiger partial charge in [-0.3, -0.25) is 4.79 Å². The zero-order valence-electron chi connectivity index (χ0n) is 12.2. The molecule has 0 saturated carbocycles. The summed E-state index contributed by atoms with van der Waals surface area (Å²) in [6.45, 7) is 0.662. The first-order valence-corrected chi connectivity index (χ1v) is 7.45. The van der Waals surface area contributed by atoms with Gasteiger partial charge in [-0.1, -0.05) is 12.1 Å². The SMILES string of the molecule is O=c1[nH]c(C2CCCN2c2ncncc2F)nc2ccccc12. The smallest absolute Gasteiger partial charge is 0.258 e. The first-order chi connectivity index (χ1) is 11.2. The zero-order valence-corrected chi connectivity index (χ0v) is 12.2. The molecular weight excluding hydrogens is 297 g/mol. The Bertz CT molecular complexity index is 925. The van der Waals surface area contributed by atoms with E-state index in [4.69, 9.17) is 0 Å². The summed E-state index contributed by atoms with van der Waals surface area (Å²) in [6.07, 6.45) is 4.13. The summed E-state index contributed by atoms with van der Waals surface area (Å²) in [4.78, 5) is 29.2. The summed E-state index contributed by atoms with van der Waals surface area (Å²) in [5, 5.41) is 0.550. The van der Waals surface area contributed by atoms with Gasteiger partial charge in [-0.15, -0.1) is 0 Å². The first kappa shape index (κ1) is 13.8. The Morgan fingerprint density at radius 3 is 3.04 bits per heavy atom. The summed E-state index contributed by atoms with van der Waals surface area (Å²) in [7, 11) is 0. The van der Waals surface area contributed by atoms with E-state index in [0.29, 0.717) is 23.3 Å². The summed E-state index contributed by atoms with van der Waals surface area (Å²) in [5.41, 5.74) is 0.460. The van der Waals surface area contributed by atoms with Crippen LogP contribution in [-0.2, 0) is 0 Å². The highest BCUT2D eigenvalue weighted by Gasteiger charge is 2.31. The minimum Gasteiger partial charge on any atom is -0.344 e. The maximum absolute atomic E-state index is 14.0. The van der Waals surface area contributed by atoms with Gasteiger partial charge >= 0.3 is 0 Å². The number of aromatic amines is 1. The number of H-pyrrole nitrogens is 1. The normalized spacial score (nSPS) is 17.8. The molecule has 1 atom stereocenters. The highest BCUT2D eigenvalue weighted by atomic mass is 19.1. The molecule has 1 aliphatic rings. The van der Waals surface area contributed by atoms with Crippen LogP contribution in [0.2, 0.25) is 0 Å². The zero-order chi connectivity index (χ0) is 15.8. The van der Waals surface area contributed by atoms with Crippen molar-refractivity contribution in [2.75, 3.05) is 11.4 Å². The van der Waals surface area contributed by atoms with E-state index < -0.39 is 5.82 Å². The Balaban J connectivity index is 1.80. The molecule has 0 aliphatic carbocycles. The van der Waals surface area contributed by atoms with Crippen LogP contribution in [0.3, 0.4) is 0 Å². The Morgan fingerprint density at radius 1 is 1.30 bits per heavy atom. The van der Waals surface area contributed by atoms with Crippen molar-refractivity contribution in [1.29, 1.82) is 0 Å². The van der Waals surface area contributed by atoms with Crippen molar-refractivity contribution in [3.63, 3.8) is 0 Å². The van der Waals surface area contributed by atoms with E-state index in [-0.39, 0.29) is 17.4 Å². The summed E-state index contributed by atoms with van der Waals surface area (Å²) in [5.74, 6) is 0.324. The number of rotatable bonds is 2. The molecule has 1 aliphatic heterocycles. The van der Waals surface area contributed by atoms with Gasteiger partial charge in [0, 0.05) is 6.54 Å². The lowest BCUT2D eigenvalue weighted by atomic mass is 10.2. The van der Waals surface area contributed by atoms with Crippen LogP contribution in [0.1, 0.15) is 24.7 Å². The fourth-order valence-corrected chi connectivity index (χ4v) is 3.08. The number of fused-ring (bicyclic) bond motifs is 1. The molecule has 0 bridgehead atoms. The summed E-state index contributed by atoms with van der Waals surface area (Å²) >= 11 is 0. The molecule has 3 aromatic rings. The van der Waals surface area contributed by atoms with E-state index in [9.17, 15) is 9.18 Å². The topological polar surface area (TPSA) is 74.8 Å². The molecule has 2 aromatic heterocycles. The lowest BCUT2D eigenvalue weighted by Crippen LogP contribution is -2.28. The van der Waals surface area contributed by atoms with Crippen LogP contribution in [0.15, 0.2) is 41.6 Å². The molecule has 3 heterocycles. The molecular formula is C16H14FN5O. The third kappa shape index (κ3) is 2.34. The second-order valence-electron chi connectivity index (χ2n) is 5.51. The Morgan fingerprint density at radius 2 is 2.17 bits per heavy atom. The quantitative estimate of drug-likeness (QED) is 0.785. The van der Waals surface area contributed by atoms with Crippen LogP contribution in [0.25, 0.3) is 10.9 Å². The van der Waals surface area contributed by atoms with E-state index >= 15 is 0 Å². The van der Waals surface area contributed by atoms with E-state index in [1.54, 1.807) is 18.2 Å². The van der Waals surface area contributed by atoms with Crippen LogP contribution in [0.4, 0.5) is 10.2 Å². The number of anilines is 1. The monoisotopic (exact) mass is 311 g/mol. The van der Waals surface area contributed by atoms with Crippen molar-refractivity contribution >= 4 is 16.7 Å². The summed E-state index contributed by atoms with van der Waals surface area (Å²) in [6, 6.07) is 6.99. The van der Waals surface area contributed by atoms with Crippen LogP contribution >= 0.6 is 0 Å². The second kappa shape index (κ2) is 5.42. The molecule has 0 amide bonds. The third-order valence-electron chi connectivity index (χ3n) is 4.12. The van der Waals surface area contributed by atoms with E-state index in [0.717, 1.165) is 19.0 Å². The number of aromatic nitrogens is 4. The Kier molecular flexibility index (Phi) is 3.25. The minimum absolute atomic E-state index is 0.180. The Labute approximate surface area is 131 Å². The fraction of sp³-hybridized carbons (Fsp3) is 0.250. The molecule has 4 rings (SSSR count). The molecule has 7 heteroatoms. The van der Waals surface area contributed by atoms with Gasteiger partial charge in [0.15, 0.2) is 11.6 Å². The molecule has 116 valence electrons. The van der Waals surface area contributed by atoms with Gasteiger partial charge in [0.2, 0.25) is 0 Å². The number of nitrogens with one attached hydrogen (secondary N) is 1. The molecule has 23 heavy (non-hydrogen) atoms. The second-order valence-corrected chi connectivity index (χ2v) is 5.51. The molecule has 0 spiro atoms. The van der Waals surface area contributed by atoms with Crippen LogP contribution in [0, 0.1) is 5.82 Å². The van der Waals surface area contributed by atoms with E-state index in [2.05, 4.69) is 19.9 Å². The minimum atomic E-state index is -0.470. The van der Waals surface area contributed by atoms with Gasteiger partial charge in [-0.05, 0) is 25.0 Å². The van der Waals surface area contributed by atoms with Crippen molar-refractivity contribution in [3.8, 4) is 0 Å². The third-order valence-corrected chi connectivity index (χ3v) is 4.12. The van der Waals surface area contributed by atoms with Gasteiger partial charge in [0.1, 0.15) is 12.2 Å². The van der Waals surface area contributed by atoms with Gasteiger partial charge < -0.3 is 9.88 Å².